The number of benzene rings is 1. The fourth-order valence-corrected chi connectivity index (χ4v) is 4.24. The Kier molecular flexibility index (Phi) is 21.7. The summed E-state index contributed by atoms with van der Waals surface area (Å²) in [7, 11) is 0. The Hall–Kier alpha value is -2.61. The van der Waals surface area contributed by atoms with Crippen LogP contribution in [-0.2, 0) is 20.8 Å². The third-order valence-corrected chi connectivity index (χ3v) is 6.54. The van der Waals surface area contributed by atoms with Crippen LogP contribution in [0.25, 0.3) is 0 Å². The first-order valence-corrected chi connectivity index (χ1v) is 14.8. The fraction of sp³-hybridized carbons (Fsp3) is 0.710. The molecule has 1 amide bonds. The number of unbranched alkanes of at least 4 members (excludes halogenated alkanes) is 12. The maximum atomic E-state index is 12.0. The van der Waals surface area contributed by atoms with Crippen LogP contribution in [0.5, 0.6) is 5.75 Å². The summed E-state index contributed by atoms with van der Waals surface area (Å²) in [6.45, 7) is 6.04. The molecular weight excluding hydrogens is 496 g/mol. The van der Waals surface area contributed by atoms with Crippen LogP contribution in [-0.4, -0.2) is 45.2 Å². The number of carbonyl (C=O) groups excluding carboxylic acids is 1. The van der Waals surface area contributed by atoms with Crippen LogP contribution in [0.15, 0.2) is 24.3 Å². The topological polar surface area (TPSA) is 150 Å². The van der Waals surface area contributed by atoms with E-state index in [4.69, 9.17) is 15.9 Å². The van der Waals surface area contributed by atoms with Crippen molar-refractivity contribution in [3.63, 3.8) is 0 Å². The summed E-state index contributed by atoms with van der Waals surface area (Å²) in [5, 5.41) is 29.2. The number of aromatic hydroxyl groups is 1. The minimum atomic E-state index is -1.06. The molecule has 6 N–H and O–H groups in total. The van der Waals surface area contributed by atoms with E-state index in [2.05, 4.69) is 12.2 Å². The van der Waals surface area contributed by atoms with Crippen LogP contribution in [0.2, 0.25) is 0 Å². The molecule has 2 atom stereocenters. The second-order valence-corrected chi connectivity index (χ2v) is 10.9. The van der Waals surface area contributed by atoms with Gasteiger partial charge in [-0.2, -0.15) is 0 Å². The van der Waals surface area contributed by atoms with Crippen molar-refractivity contribution in [1.82, 2.24) is 5.32 Å². The van der Waals surface area contributed by atoms with Crippen molar-refractivity contribution in [2.45, 2.75) is 136 Å². The van der Waals surface area contributed by atoms with Gasteiger partial charge in [0.2, 0.25) is 5.91 Å². The molecule has 0 aromatic heterocycles. The lowest BCUT2D eigenvalue weighted by Crippen LogP contribution is -2.49. The fourth-order valence-electron chi connectivity index (χ4n) is 4.24. The Balaban J connectivity index is 0.000000751. The predicted octanol–water partition coefficient (Wildman–Crippen LogP) is 6.43. The summed E-state index contributed by atoms with van der Waals surface area (Å²) in [6.07, 6.45) is 17.9. The molecule has 0 bridgehead atoms. The van der Waals surface area contributed by atoms with E-state index in [1.165, 1.54) is 82.8 Å². The SMILES string of the molecule is CC(C)CC(NC(=O)C(N)Cc1ccc(O)cc1)C(=O)O.CCCCCCCCCCCCCCCC(=O)O. The molecule has 2 unspecified atom stereocenters. The summed E-state index contributed by atoms with van der Waals surface area (Å²) < 4.78 is 0. The number of phenolic OH excluding ortho intramolecular Hbond substituents is 1. The largest absolute Gasteiger partial charge is 0.508 e. The maximum absolute atomic E-state index is 12.0. The molecule has 0 aliphatic heterocycles. The standard InChI is InChI=1S/C16H32O2.C15H22N2O4/c1-2-3-4-5-6-7-8-9-10-11-12-13-14-15-16(17)18;1-9(2)7-13(15(20)21)17-14(19)12(16)8-10-3-5-11(18)6-4-10/h2-15H2,1H3,(H,17,18);3-6,9,12-13,18H,7-8,16H2,1-2H3,(H,17,19)(H,20,21). The number of hydrogen-bond acceptors (Lipinski definition) is 5. The van der Waals surface area contributed by atoms with Gasteiger partial charge in [0, 0.05) is 6.42 Å². The Morgan fingerprint density at radius 1 is 0.795 bits per heavy atom. The summed E-state index contributed by atoms with van der Waals surface area (Å²) in [5.74, 6) is -1.91. The van der Waals surface area contributed by atoms with Crippen molar-refractivity contribution in [3.8, 4) is 5.75 Å². The highest BCUT2D eigenvalue weighted by Crippen LogP contribution is 2.13. The number of carbonyl (C=O) groups is 3. The molecule has 0 saturated carbocycles. The predicted molar refractivity (Wildman–Crippen MR) is 157 cm³/mol. The van der Waals surface area contributed by atoms with E-state index in [1.807, 2.05) is 13.8 Å². The second kappa shape index (κ2) is 23.3. The van der Waals surface area contributed by atoms with E-state index in [-0.39, 0.29) is 18.1 Å². The van der Waals surface area contributed by atoms with Crippen molar-refractivity contribution in [1.29, 1.82) is 0 Å². The molecule has 8 nitrogen and oxygen atoms in total. The van der Waals surface area contributed by atoms with E-state index in [9.17, 15) is 19.5 Å². The molecule has 0 aliphatic rings. The molecular formula is C31H54N2O6. The molecule has 8 heteroatoms. The first-order chi connectivity index (χ1) is 18.6. The molecule has 1 rings (SSSR count). The summed E-state index contributed by atoms with van der Waals surface area (Å²) in [5.41, 5.74) is 6.60. The molecule has 0 fully saturated rings. The van der Waals surface area contributed by atoms with E-state index in [1.54, 1.807) is 12.1 Å². The van der Waals surface area contributed by atoms with Gasteiger partial charge in [0.25, 0.3) is 0 Å². The minimum Gasteiger partial charge on any atom is -0.508 e. The number of nitrogens with two attached hydrogens (primary N) is 1. The summed E-state index contributed by atoms with van der Waals surface area (Å²) >= 11 is 0. The van der Waals surface area contributed by atoms with Gasteiger partial charge in [-0.25, -0.2) is 4.79 Å². The van der Waals surface area contributed by atoms with Gasteiger partial charge in [-0.15, -0.1) is 0 Å². The van der Waals surface area contributed by atoms with Crippen molar-refractivity contribution in [2.75, 3.05) is 0 Å². The van der Waals surface area contributed by atoms with Crippen LogP contribution >= 0.6 is 0 Å². The molecule has 0 heterocycles. The Morgan fingerprint density at radius 2 is 1.26 bits per heavy atom. The lowest BCUT2D eigenvalue weighted by Gasteiger charge is -2.19. The number of amides is 1. The first kappa shape index (κ1) is 36.4. The molecule has 0 radical (unpaired) electrons. The normalized spacial score (nSPS) is 12.3. The van der Waals surface area contributed by atoms with Gasteiger partial charge < -0.3 is 26.4 Å². The van der Waals surface area contributed by atoms with Gasteiger partial charge >= 0.3 is 11.9 Å². The van der Waals surface area contributed by atoms with E-state index in [0.717, 1.165) is 18.4 Å². The zero-order valence-corrected chi connectivity index (χ0v) is 24.5. The molecule has 39 heavy (non-hydrogen) atoms. The van der Waals surface area contributed by atoms with Gasteiger partial charge in [-0.3, -0.25) is 9.59 Å². The van der Waals surface area contributed by atoms with Gasteiger partial charge in [-0.05, 0) is 42.9 Å². The molecule has 224 valence electrons. The molecule has 0 spiro atoms. The lowest BCUT2D eigenvalue weighted by atomic mass is 10.0. The van der Waals surface area contributed by atoms with Crippen molar-refractivity contribution < 1.29 is 29.7 Å². The minimum absolute atomic E-state index is 0.139. The van der Waals surface area contributed by atoms with Crippen molar-refractivity contribution in [3.05, 3.63) is 29.8 Å². The number of carboxylic acid groups (broad SMARTS) is 2. The molecule has 1 aromatic carbocycles. The zero-order valence-electron chi connectivity index (χ0n) is 24.5. The molecule has 1 aromatic rings. The number of rotatable bonds is 21. The maximum Gasteiger partial charge on any atom is 0.326 e. The van der Waals surface area contributed by atoms with Crippen LogP contribution in [0.1, 0.15) is 123 Å². The number of nitrogens with one attached hydrogen (secondary N) is 1. The van der Waals surface area contributed by atoms with E-state index >= 15 is 0 Å². The number of phenols is 1. The van der Waals surface area contributed by atoms with Gasteiger partial charge in [0.15, 0.2) is 0 Å². The smallest absolute Gasteiger partial charge is 0.326 e. The number of hydrogen-bond donors (Lipinski definition) is 5. The highest BCUT2D eigenvalue weighted by Gasteiger charge is 2.24. The Bertz CT molecular complexity index is 782. The second-order valence-electron chi connectivity index (χ2n) is 10.9. The van der Waals surface area contributed by atoms with Gasteiger partial charge in [0.1, 0.15) is 11.8 Å². The first-order valence-electron chi connectivity index (χ1n) is 14.8. The van der Waals surface area contributed by atoms with Crippen LogP contribution in [0.3, 0.4) is 0 Å². The summed E-state index contributed by atoms with van der Waals surface area (Å²) in [6, 6.07) is 4.61. The van der Waals surface area contributed by atoms with Gasteiger partial charge in [-0.1, -0.05) is 110 Å². The average molecular weight is 551 g/mol. The van der Waals surface area contributed by atoms with Crippen molar-refractivity contribution in [2.24, 2.45) is 11.7 Å². The van der Waals surface area contributed by atoms with Crippen LogP contribution in [0.4, 0.5) is 0 Å². The van der Waals surface area contributed by atoms with Gasteiger partial charge in [0.05, 0.1) is 6.04 Å². The van der Waals surface area contributed by atoms with E-state index in [0.29, 0.717) is 12.8 Å². The van der Waals surface area contributed by atoms with Crippen LogP contribution < -0.4 is 11.1 Å². The quantitative estimate of drug-likeness (QED) is 0.111. The Morgan fingerprint density at radius 3 is 1.67 bits per heavy atom. The third kappa shape index (κ3) is 22.0. The monoisotopic (exact) mass is 550 g/mol. The number of carboxylic acids is 2. The van der Waals surface area contributed by atoms with E-state index < -0.39 is 29.9 Å². The van der Waals surface area contributed by atoms with Crippen LogP contribution in [0, 0.1) is 5.92 Å². The highest BCUT2D eigenvalue weighted by atomic mass is 16.4. The highest BCUT2D eigenvalue weighted by molar-refractivity contribution is 5.87. The summed E-state index contributed by atoms with van der Waals surface area (Å²) in [4.78, 5) is 33.4. The van der Waals surface area contributed by atoms with Crippen molar-refractivity contribution >= 4 is 17.8 Å². The number of aliphatic carboxylic acids is 2. The average Bonchev–Trinajstić information content (AvgIpc) is 2.87. The molecule has 0 saturated heterocycles. The molecule has 0 aliphatic carbocycles. The zero-order chi connectivity index (χ0) is 29.5. The third-order valence-electron chi connectivity index (χ3n) is 6.54. The lowest BCUT2D eigenvalue weighted by molar-refractivity contribution is -0.142. The Labute approximate surface area is 235 Å².